The van der Waals surface area contributed by atoms with Crippen molar-refractivity contribution in [2.24, 2.45) is 5.92 Å². The Kier molecular flexibility index (Phi) is 9.91. The summed E-state index contributed by atoms with van der Waals surface area (Å²) in [5.74, 6) is 2.04. The van der Waals surface area contributed by atoms with E-state index in [-0.39, 0.29) is 35.8 Å². The van der Waals surface area contributed by atoms with Gasteiger partial charge in [-0.05, 0) is 97.4 Å². The first-order chi connectivity index (χ1) is 30.2. The third kappa shape index (κ3) is 6.86. The van der Waals surface area contributed by atoms with Crippen LogP contribution in [0.1, 0.15) is 88.5 Å². The summed E-state index contributed by atoms with van der Waals surface area (Å²) in [6, 6.07) is 27.0. The second kappa shape index (κ2) is 15.6. The Labute approximate surface area is 362 Å². The first-order valence-electron chi connectivity index (χ1n) is 22.6. The minimum absolute atomic E-state index is 0.0836. The predicted molar refractivity (Wildman–Crippen MR) is 234 cm³/mol. The summed E-state index contributed by atoms with van der Waals surface area (Å²) in [5, 5.41) is 12.7. The van der Waals surface area contributed by atoms with Crippen molar-refractivity contribution in [1.29, 1.82) is 0 Å². The Balaban J connectivity index is 0.717. The molecule has 3 amide bonds. The van der Waals surface area contributed by atoms with Crippen LogP contribution >= 0.6 is 0 Å². The van der Waals surface area contributed by atoms with E-state index >= 15 is 0 Å². The molecule has 5 atom stereocenters. The molecule has 6 aliphatic heterocycles. The van der Waals surface area contributed by atoms with Gasteiger partial charge >= 0.3 is 0 Å². The standard InChI is InChI=1S/C50H55N5O7/c1-60-44-24-34(8-11-40(44)46-37(32-5-3-2-4-6-32)10-7-33-23-36(56)9-12-38(33)46)53-19-17-50(18-20-53)25-31(29-62-50)26-52-21-22-54-35(27-52)30-61-47-41-28-55(43-15-16-45(57)51-48(43)58)49(59)39(41)13-14-42(47)54/h2-6,8-9,11-14,23-24,31,35,37,43,46,56H,7,10,15-22,25-30H2,1H3,(H,51,57,58)/t31-,35+,37+,43-,46-/m0/s1. The maximum Gasteiger partial charge on any atom is 0.255 e. The number of carbonyl (C=O) groups is 3. The normalized spacial score (nSPS) is 26.7. The Morgan fingerprint density at radius 2 is 1.71 bits per heavy atom. The van der Waals surface area contributed by atoms with Crippen molar-refractivity contribution in [2.75, 3.05) is 69.4 Å². The second-order valence-electron chi connectivity index (χ2n) is 18.7. The van der Waals surface area contributed by atoms with Crippen LogP contribution in [-0.2, 0) is 27.3 Å². The third-order valence-electron chi connectivity index (χ3n) is 15.2. The number of anilines is 2. The number of phenols is 1. The van der Waals surface area contributed by atoms with Crippen LogP contribution in [0, 0.1) is 5.92 Å². The van der Waals surface area contributed by atoms with Crippen LogP contribution in [0.25, 0.3) is 0 Å². The van der Waals surface area contributed by atoms with Gasteiger partial charge in [0.05, 0.1) is 37.6 Å². The first-order valence-corrected chi connectivity index (χ1v) is 22.6. The zero-order chi connectivity index (χ0) is 42.1. The number of ether oxygens (including phenoxy) is 3. The highest BCUT2D eigenvalue weighted by atomic mass is 16.5. The van der Waals surface area contributed by atoms with Gasteiger partial charge in [0.15, 0.2) is 0 Å². The van der Waals surface area contributed by atoms with E-state index in [4.69, 9.17) is 14.2 Å². The summed E-state index contributed by atoms with van der Waals surface area (Å²) in [6.45, 7) is 7.27. The summed E-state index contributed by atoms with van der Waals surface area (Å²) in [7, 11) is 1.78. The molecular weight excluding hydrogens is 783 g/mol. The highest BCUT2D eigenvalue weighted by Gasteiger charge is 2.46. The van der Waals surface area contributed by atoms with E-state index in [1.807, 2.05) is 24.3 Å². The number of aromatic hydroxyl groups is 1. The molecule has 12 heteroatoms. The first kappa shape index (κ1) is 39.3. The zero-order valence-electron chi connectivity index (χ0n) is 35.4. The fourth-order valence-electron chi connectivity index (χ4n) is 12.1. The smallest absolute Gasteiger partial charge is 0.255 e. The van der Waals surface area contributed by atoms with Crippen molar-refractivity contribution in [2.45, 2.75) is 81.0 Å². The fraction of sp³-hybridized carbons (Fsp3) is 0.460. The number of carbonyl (C=O) groups excluding carboxylic acids is 3. The molecule has 1 aliphatic carbocycles. The van der Waals surface area contributed by atoms with Gasteiger partial charge in [-0.25, -0.2) is 0 Å². The molecule has 7 aliphatic rings. The van der Waals surface area contributed by atoms with Crippen molar-refractivity contribution in [3.05, 3.63) is 112 Å². The lowest BCUT2D eigenvalue weighted by molar-refractivity contribution is -0.136. The molecule has 62 heavy (non-hydrogen) atoms. The number of rotatable bonds is 7. The van der Waals surface area contributed by atoms with Crippen LogP contribution in [0.2, 0.25) is 0 Å². The van der Waals surface area contributed by atoms with Crippen LogP contribution in [-0.4, -0.2) is 110 Å². The minimum Gasteiger partial charge on any atom is -0.508 e. The molecule has 11 rings (SSSR count). The number of benzene rings is 4. The number of methoxy groups -OCH3 is 1. The highest BCUT2D eigenvalue weighted by Crippen LogP contribution is 2.50. The van der Waals surface area contributed by atoms with E-state index in [2.05, 4.69) is 74.6 Å². The summed E-state index contributed by atoms with van der Waals surface area (Å²) >= 11 is 0. The highest BCUT2D eigenvalue weighted by molar-refractivity contribution is 6.06. The molecule has 0 saturated carbocycles. The van der Waals surface area contributed by atoms with E-state index in [0.29, 0.717) is 42.7 Å². The number of piperidine rings is 2. The molecule has 4 aromatic carbocycles. The van der Waals surface area contributed by atoms with E-state index in [1.165, 1.54) is 27.9 Å². The van der Waals surface area contributed by atoms with Crippen molar-refractivity contribution < 1.29 is 33.7 Å². The molecule has 322 valence electrons. The molecular formula is C50H55N5O7. The van der Waals surface area contributed by atoms with E-state index in [9.17, 15) is 19.5 Å². The van der Waals surface area contributed by atoms with Crippen molar-refractivity contribution in [3.8, 4) is 17.2 Å². The lowest BCUT2D eigenvalue weighted by atomic mass is 9.69. The molecule has 4 fully saturated rings. The summed E-state index contributed by atoms with van der Waals surface area (Å²) in [5.41, 5.74) is 8.57. The molecule has 2 N–H and O–H groups in total. The van der Waals surface area contributed by atoms with Gasteiger partial charge in [-0.3, -0.25) is 24.6 Å². The van der Waals surface area contributed by atoms with Gasteiger partial charge in [0, 0.05) is 80.1 Å². The fourth-order valence-corrected chi connectivity index (χ4v) is 12.1. The third-order valence-corrected chi connectivity index (χ3v) is 15.2. The van der Waals surface area contributed by atoms with Gasteiger partial charge in [-0.15, -0.1) is 0 Å². The Morgan fingerprint density at radius 3 is 2.53 bits per heavy atom. The van der Waals surface area contributed by atoms with Crippen LogP contribution in [0.5, 0.6) is 17.2 Å². The number of piperazine rings is 1. The van der Waals surface area contributed by atoms with Gasteiger partial charge in [0.25, 0.3) is 5.91 Å². The molecule has 0 radical (unpaired) electrons. The molecule has 4 saturated heterocycles. The Hall–Kier alpha value is -5.59. The number of hydrogen-bond donors (Lipinski definition) is 2. The van der Waals surface area contributed by atoms with E-state index in [1.54, 1.807) is 12.0 Å². The molecule has 0 unspecified atom stereocenters. The topological polar surface area (TPSA) is 124 Å². The SMILES string of the molecule is COc1cc(N2CCC3(CC2)C[C@@H](CN2CCN4c5ccc6c(c5OC[C@H]4C2)CN([C@H]2CCC(=O)NC2=O)C6=O)CO3)ccc1[C@@H]1c2ccc(O)cc2CC[C@@H]1c1ccccc1. The average molecular weight is 838 g/mol. The van der Waals surface area contributed by atoms with Gasteiger partial charge in [0.2, 0.25) is 11.8 Å². The molecule has 6 heterocycles. The number of phenolic OH excluding ortho intramolecular Hbond substituents is 1. The number of imide groups is 1. The number of amides is 3. The molecule has 1 spiro atoms. The zero-order valence-corrected chi connectivity index (χ0v) is 35.4. The molecule has 4 aromatic rings. The summed E-state index contributed by atoms with van der Waals surface area (Å²) < 4.78 is 19.4. The van der Waals surface area contributed by atoms with Gasteiger partial charge in [0.1, 0.15) is 29.9 Å². The summed E-state index contributed by atoms with van der Waals surface area (Å²) in [6.07, 6.45) is 5.59. The Bertz CT molecular complexity index is 2420. The lowest BCUT2D eigenvalue weighted by Gasteiger charge is -2.46. The van der Waals surface area contributed by atoms with Crippen LogP contribution < -0.4 is 24.6 Å². The van der Waals surface area contributed by atoms with Crippen molar-refractivity contribution in [3.63, 3.8) is 0 Å². The van der Waals surface area contributed by atoms with Crippen molar-refractivity contribution >= 4 is 29.1 Å². The van der Waals surface area contributed by atoms with E-state index < -0.39 is 11.9 Å². The number of fused-ring (bicyclic) bond motifs is 6. The lowest BCUT2D eigenvalue weighted by Crippen LogP contribution is -2.58. The second-order valence-corrected chi connectivity index (χ2v) is 18.7. The number of nitrogens with one attached hydrogen (secondary N) is 1. The number of hydrogen-bond acceptors (Lipinski definition) is 10. The quantitative estimate of drug-likeness (QED) is 0.215. The average Bonchev–Trinajstić information content (AvgIpc) is 3.85. The van der Waals surface area contributed by atoms with Gasteiger partial charge < -0.3 is 34.0 Å². The van der Waals surface area contributed by atoms with Crippen molar-refractivity contribution in [1.82, 2.24) is 15.1 Å². The maximum absolute atomic E-state index is 13.4. The van der Waals surface area contributed by atoms with Crippen LogP contribution in [0.4, 0.5) is 11.4 Å². The number of aryl methyl sites for hydroxylation is 1. The largest absolute Gasteiger partial charge is 0.508 e. The number of nitrogens with zero attached hydrogens (tertiary/aromatic N) is 4. The summed E-state index contributed by atoms with van der Waals surface area (Å²) in [4.78, 5) is 46.9. The maximum atomic E-state index is 13.4. The Morgan fingerprint density at radius 1 is 0.871 bits per heavy atom. The minimum atomic E-state index is -0.644. The molecule has 12 nitrogen and oxygen atoms in total. The van der Waals surface area contributed by atoms with E-state index in [0.717, 1.165) is 101 Å². The van der Waals surface area contributed by atoms with Crippen LogP contribution in [0.15, 0.2) is 78.9 Å². The molecule has 0 aromatic heterocycles. The van der Waals surface area contributed by atoms with Gasteiger partial charge in [-0.2, -0.15) is 0 Å². The monoisotopic (exact) mass is 837 g/mol. The molecule has 0 bridgehead atoms. The van der Waals surface area contributed by atoms with Gasteiger partial charge in [-0.1, -0.05) is 42.5 Å². The van der Waals surface area contributed by atoms with Crippen LogP contribution in [0.3, 0.4) is 0 Å². The predicted octanol–water partition coefficient (Wildman–Crippen LogP) is 5.98.